The summed E-state index contributed by atoms with van der Waals surface area (Å²) in [5, 5.41) is 20.0. The number of para-hydroxylation sites is 1. The molecular formula is C21H24ClNO5. The Morgan fingerprint density at radius 2 is 1.68 bits per heavy atom. The summed E-state index contributed by atoms with van der Waals surface area (Å²) in [5.74, 6) is -1.28. The first-order valence-corrected chi connectivity index (χ1v) is 9.39. The molecule has 0 unspecified atom stereocenters. The predicted octanol–water partition coefficient (Wildman–Crippen LogP) is 3.64. The van der Waals surface area contributed by atoms with E-state index in [1.54, 1.807) is 7.11 Å². The van der Waals surface area contributed by atoms with E-state index < -0.39 is 11.9 Å². The highest BCUT2D eigenvalue weighted by molar-refractivity contribution is 6.33. The summed E-state index contributed by atoms with van der Waals surface area (Å²) in [6.07, 6.45) is 1.46. The molecule has 2 aromatic rings. The van der Waals surface area contributed by atoms with Crippen molar-refractivity contribution < 1.29 is 24.5 Å². The summed E-state index contributed by atoms with van der Waals surface area (Å²) in [5.41, 5.74) is 4.95. The van der Waals surface area contributed by atoms with Crippen molar-refractivity contribution in [1.29, 1.82) is 0 Å². The van der Waals surface area contributed by atoms with Crippen LogP contribution in [0.4, 0.5) is 0 Å². The van der Waals surface area contributed by atoms with E-state index in [9.17, 15) is 9.59 Å². The van der Waals surface area contributed by atoms with Crippen LogP contribution in [0.5, 0.6) is 5.75 Å². The van der Waals surface area contributed by atoms with Gasteiger partial charge in [0.2, 0.25) is 0 Å². The number of hydrogen-bond donors (Lipinski definition) is 3. The van der Waals surface area contributed by atoms with E-state index in [0.717, 1.165) is 47.8 Å². The Balaban J connectivity index is 0.000000300. The highest BCUT2D eigenvalue weighted by Crippen LogP contribution is 2.39. The molecule has 6 nitrogen and oxygen atoms in total. The first-order chi connectivity index (χ1) is 13.4. The van der Waals surface area contributed by atoms with E-state index in [0.29, 0.717) is 0 Å². The maximum absolute atomic E-state index is 9.64. The van der Waals surface area contributed by atoms with Crippen molar-refractivity contribution in [2.75, 3.05) is 20.2 Å². The number of carboxylic acids is 2. The molecule has 0 saturated heterocycles. The van der Waals surface area contributed by atoms with Crippen LogP contribution in [0.2, 0.25) is 5.02 Å². The molecule has 0 amide bonds. The first kappa shape index (κ1) is 21.7. The van der Waals surface area contributed by atoms with E-state index in [1.165, 1.54) is 11.1 Å². The van der Waals surface area contributed by atoms with Gasteiger partial charge in [0.05, 0.1) is 20.0 Å². The second kappa shape index (κ2) is 10.7. The number of rotatable bonds is 5. The summed E-state index contributed by atoms with van der Waals surface area (Å²) in [7, 11) is 1.70. The van der Waals surface area contributed by atoms with Crippen molar-refractivity contribution in [2.24, 2.45) is 0 Å². The van der Waals surface area contributed by atoms with E-state index in [1.807, 2.05) is 24.3 Å². The SMILES string of the molecule is COc1ccccc1-c1c(Cl)ccc2c1CCNCC2.O=C(O)CCC(=O)O. The molecule has 1 heterocycles. The van der Waals surface area contributed by atoms with Crippen LogP contribution in [0.25, 0.3) is 11.1 Å². The Labute approximate surface area is 169 Å². The van der Waals surface area contributed by atoms with Gasteiger partial charge in [-0.05, 0) is 49.2 Å². The third kappa shape index (κ3) is 5.97. The summed E-state index contributed by atoms with van der Waals surface area (Å²) in [4.78, 5) is 19.3. The highest BCUT2D eigenvalue weighted by Gasteiger charge is 2.18. The lowest BCUT2D eigenvalue weighted by molar-refractivity contribution is -0.143. The molecule has 150 valence electrons. The molecule has 2 aromatic carbocycles. The standard InChI is InChI=1S/C17H18ClNO.C4H6O4/c1-20-16-5-3-2-4-14(16)17-13-9-11-19-10-8-12(13)6-7-15(17)18;5-3(6)1-2-4(7)8/h2-7,19H,8-11H2,1H3;1-2H2,(H,5,6)(H,7,8). The third-order valence-electron chi connectivity index (χ3n) is 4.41. The van der Waals surface area contributed by atoms with Gasteiger partial charge >= 0.3 is 11.9 Å². The van der Waals surface area contributed by atoms with Gasteiger partial charge in [0, 0.05) is 16.1 Å². The Morgan fingerprint density at radius 3 is 2.32 bits per heavy atom. The summed E-state index contributed by atoms with van der Waals surface area (Å²) >= 11 is 6.50. The summed E-state index contributed by atoms with van der Waals surface area (Å²) in [6, 6.07) is 12.2. The van der Waals surface area contributed by atoms with Crippen LogP contribution in [0.15, 0.2) is 36.4 Å². The Kier molecular flexibility index (Phi) is 8.29. The Hall–Kier alpha value is -2.57. The molecule has 0 aromatic heterocycles. The molecule has 0 atom stereocenters. The fourth-order valence-corrected chi connectivity index (χ4v) is 3.38. The molecule has 7 heteroatoms. The number of carboxylic acid groups (broad SMARTS) is 2. The van der Waals surface area contributed by atoms with Gasteiger partial charge in [-0.25, -0.2) is 0 Å². The zero-order valence-corrected chi connectivity index (χ0v) is 16.5. The number of aliphatic carboxylic acids is 2. The number of benzene rings is 2. The zero-order chi connectivity index (χ0) is 20.5. The number of carbonyl (C=O) groups is 2. The molecule has 0 fully saturated rings. The molecule has 0 radical (unpaired) electrons. The van der Waals surface area contributed by atoms with Crippen molar-refractivity contribution in [3.05, 3.63) is 52.5 Å². The number of ether oxygens (including phenoxy) is 1. The fraction of sp³-hybridized carbons (Fsp3) is 0.333. The minimum absolute atomic E-state index is 0.296. The van der Waals surface area contributed by atoms with Crippen molar-refractivity contribution >= 4 is 23.5 Å². The van der Waals surface area contributed by atoms with Gasteiger partial charge in [0.1, 0.15) is 5.75 Å². The lowest BCUT2D eigenvalue weighted by Crippen LogP contribution is -2.16. The second-order valence-corrected chi connectivity index (χ2v) is 6.71. The monoisotopic (exact) mass is 405 g/mol. The van der Waals surface area contributed by atoms with Gasteiger partial charge < -0.3 is 20.3 Å². The quantitative estimate of drug-likeness (QED) is 0.702. The van der Waals surface area contributed by atoms with Gasteiger partial charge in [-0.15, -0.1) is 0 Å². The molecule has 0 spiro atoms. The topological polar surface area (TPSA) is 95.9 Å². The number of methoxy groups -OCH3 is 1. The first-order valence-electron chi connectivity index (χ1n) is 9.02. The maximum Gasteiger partial charge on any atom is 0.303 e. The number of fused-ring (bicyclic) bond motifs is 1. The second-order valence-electron chi connectivity index (χ2n) is 6.30. The van der Waals surface area contributed by atoms with Crippen LogP contribution >= 0.6 is 11.6 Å². The molecule has 3 N–H and O–H groups in total. The molecule has 1 aliphatic rings. The molecular weight excluding hydrogens is 382 g/mol. The largest absolute Gasteiger partial charge is 0.496 e. The zero-order valence-electron chi connectivity index (χ0n) is 15.7. The van der Waals surface area contributed by atoms with Gasteiger partial charge in [-0.1, -0.05) is 35.9 Å². The Morgan fingerprint density at radius 1 is 1.04 bits per heavy atom. The fourth-order valence-electron chi connectivity index (χ4n) is 3.10. The molecule has 28 heavy (non-hydrogen) atoms. The average molecular weight is 406 g/mol. The number of halogens is 1. The van der Waals surface area contributed by atoms with Gasteiger partial charge in [-0.2, -0.15) is 0 Å². The minimum atomic E-state index is -1.08. The smallest absolute Gasteiger partial charge is 0.303 e. The van der Waals surface area contributed by atoms with Gasteiger partial charge in [0.25, 0.3) is 0 Å². The van der Waals surface area contributed by atoms with E-state index in [-0.39, 0.29) is 12.8 Å². The van der Waals surface area contributed by atoms with Crippen LogP contribution in [-0.2, 0) is 22.4 Å². The number of hydrogen-bond acceptors (Lipinski definition) is 4. The third-order valence-corrected chi connectivity index (χ3v) is 4.73. The highest BCUT2D eigenvalue weighted by atomic mass is 35.5. The average Bonchev–Trinajstić information content (AvgIpc) is 2.92. The van der Waals surface area contributed by atoms with E-state index in [4.69, 9.17) is 26.6 Å². The molecule has 1 aliphatic heterocycles. The van der Waals surface area contributed by atoms with E-state index >= 15 is 0 Å². The predicted molar refractivity (Wildman–Crippen MR) is 108 cm³/mol. The number of nitrogens with one attached hydrogen (secondary N) is 1. The van der Waals surface area contributed by atoms with Crippen LogP contribution in [-0.4, -0.2) is 42.4 Å². The van der Waals surface area contributed by atoms with Gasteiger partial charge in [-0.3, -0.25) is 9.59 Å². The Bertz CT molecular complexity index is 824. The molecule has 3 rings (SSSR count). The normalized spacial score (nSPS) is 12.8. The van der Waals surface area contributed by atoms with Crippen molar-refractivity contribution in [2.45, 2.75) is 25.7 Å². The van der Waals surface area contributed by atoms with Crippen molar-refractivity contribution in [1.82, 2.24) is 5.32 Å². The van der Waals surface area contributed by atoms with Crippen molar-refractivity contribution in [3.8, 4) is 16.9 Å². The summed E-state index contributed by atoms with van der Waals surface area (Å²) in [6.45, 7) is 2.02. The van der Waals surface area contributed by atoms with Gasteiger partial charge in [0.15, 0.2) is 0 Å². The molecule has 0 saturated carbocycles. The molecule has 0 aliphatic carbocycles. The van der Waals surface area contributed by atoms with E-state index in [2.05, 4.69) is 17.4 Å². The lowest BCUT2D eigenvalue weighted by Gasteiger charge is -2.16. The minimum Gasteiger partial charge on any atom is -0.496 e. The van der Waals surface area contributed by atoms with Crippen LogP contribution in [0.1, 0.15) is 24.0 Å². The molecule has 0 bridgehead atoms. The van der Waals surface area contributed by atoms with Crippen LogP contribution < -0.4 is 10.1 Å². The van der Waals surface area contributed by atoms with Crippen LogP contribution in [0.3, 0.4) is 0 Å². The maximum atomic E-state index is 9.64. The van der Waals surface area contributed by atoms with Crippen LogP contribution in [0, 0.1) is 0 Å². The van der Waals surface area contributed by atoms with Crippen molar-refractivity contribution in [3.63, 3.8) is 0 Å². The summed E-state index contributed by atoms with van der Waals surface area (Å²) < 4.78 is 5.50. The lowest BCUT2D eigenvalue weighted by atomic mass is 9.92.